The van der Waals surface area contributed by atoms with E-state index in [1.807, 2.05) is 6.07 Å². The Morgan fingerprint density at radius 3 is 2.73 bits per heavy atom. The molecule has 3 rings (SSSR count). The molecular weight excluding hydrogens is 189 g/mol. The standard InChI is InChI=1S/C13H16FN/c14-12-3-1-2-10(6-12)13(9-4-5-9)7-11(13)8-15/h1-3,6,9,11H,4-5,7-8,15H2/t11-,13?/m0/s1. The second kappa shape index (κ2) is 3.05. The molecule has 0 aromatic heterocycles. The third-order valence-electron chi connectivity index (χ3n) is 4.10. The Labute approximate surface area is 89.5 Å². The van der Waals surface area contributed by atoms with Crippen LogP contribution in [0.4, 0.5) is 4.39 Å². The second-order valence-corrected chi connectivity index (χ2v) is 4.96. The molecule has 2 fully saturated rings. The van der Waals surface area contributed by atoms with Crippen LogP contribution in [-0.4, -0.2) is 6.54 Å². The van der Waals surface area contributed by atoms with Crippen LogP contribution in [0.3, 0.4) is 0 Å². The average molecular weight is 205 g/mol. The van der Waals surface area contributed by atoms with Crippen LogP contribution < -0.4 is 5.73 Å². The molecular formula is C13H16FN. The van der Waals surface area contributed by atoms with Gasteiger partial charge in [-0.3, -0.25) is 0 Å². The number of rotatable bonds is 3. The van der Waals surface area contributed by atoms with E-state index in [0.29, 0.717) is 5.92 Å². The summed E-state index contributed by atoms with van der Waals surface area (Å²) in [5.74, 6) is 1.25. The Kier molecular flexibility index (Phi) is 1.90. The fourth-order valence-corrected chi connectivity index (χ4v) is 3.11. The van der Waals surface area contributed by atoms with Crippen molar-refractivity contribution in [3.8, 4) is 0 Å². The number of halogens is 1. The lowest BCUT2D eigenvalue weighted by Crippen LogP contribution is -2.17. The van der Waals surface area contributed by atoms with Crippen molar-refractivity contribution in [2.45, 2.75) is 24.7 Å². The summed E-state index contributed by atoms with van der Waals surface area (Å²) in [7, 11) is 0. The van der Waals surface area contributed by atoms with E-state index in [1.54, 1.807) is 6.07 Å². The van der Waals surface area contributed by atoms with Crippen LogP contribution in [0.15, 0.2) is 24.3 Å². The maximum Gasteiger partial charge on any atom is 0.123 e. The van der Waals surface area contributed by atoms with Gasteiger partial charge in [-0.25, -0.2) is 4.39 Å². The quantitative estimate of drug-likeness (QED) is 0.806. The van der Waals surface area contributed by atoms with Crippen LogP contribution in [0.25, 0.3) is 0 Å². The second-order valence-electron chi connectivity index (χ2n) is 4.96. The number of hydrogen-bond donors (Lipinski definition) is 1. The minimum Gasteiger partial charge on any atom is -0.330 e. The van der Waals surface area contributed by atoms with Gasteiger partial charge < -0.3 is 5.73 Å². The topological polar surface area (TPSA) is 26.0 Å². The lowest BCUT2D eigenvalue weighted by Gasteiger charge is -2.17. The normalized spacial score (nSPS) is 34.1. The van der Waals surface area contributed by atoms with Gasteiger partial charge in [0.15, 0.2) is 0 Å². The highest BCUT2D eigenvalue weighted by atomic mass is 19.1. The third-order valence-corrected chi connectivity index (χ3v) is 4.10. The molecule has 2 heteroatoms. The molecule has 2 atom stereocenters. The molecule has 1 nitrogen and oxygen atoms in total. The van der Waals surface area contributed by atoms with E-state index in [0.717, 1.165) is 18.9 Å². The summed E-state index contributed by atoms with van der Waals surface area (Å²) in [6.07, 6.45) is 3.76. The molecule has 1 aromatic carbocycles. The maximum absolute atomic E-state index is 13.2. The SMILES string of the molecule is NC[C@@H]1CC1(c1cccc(F)c1)C1CC1. The maximum atomic E-state index is 13.2. The van der Waals surface area contributed by atoms with Crippen molar-refractivity contribution in [1.29, 1.82) is 0 Å². The molecule has 0 aliphatic heterocycles. The molecule has 2 aliphatic carbocycles. The van der Waals surface area contributed by atoms with Gasteiger partial charge in [0, 0.05) is 5.41 Å². The van der Waals surface area contributed by atoms with Gasteiger partial charge in [0.25, 0.3) is 0 Å². The molecule has 2 saturated carbocycles. The predicted octanol–water partition coefficient (Wildman–Crippen LogP) is 2.45. The van der Waals surface area contributed by atoms with Gasteiger partial charge in [0.2, 0.25) is 0 Å². The fourth-order valence-electron chi connectivity index (χ4n) is 3.11. The monoisotopic (exact) mass is 205 g/mol. The molecule has 0 heterocycles. The minimum atomic E-state index is -0.116. The summed E-state index contributed by atoms with van der Waals surface area (Å²) in [6, 6.07) is 7.11. The first-order valence-electron chi connectivity index (χ1n) is 5.73. The Morgan fingerprint density at radius 2 is 2.20 bits per heavy atom. The van der Waals surface area contributed by atoms with Crippen LogP contribution in [0.1, 0.15) is 24.8 Å². The van der Waals surface area contributed by atoms with Gasteiger partial charge >= 0.3 is 0 Å². The first-order chi connectivity index (χ1) is 7.27. The summed E-state index contributed by atoms with van der Waals surface area (Å²) in [5, 5.41) is 0. The van der Waals surface area contributed by atoms with Crippen molar-refractivity contribution >= 4 is 0 Å². The zero-order chi connectivity index (χ0) is 10.5. The van der Waals surface area contributed by atoms with Crippen molar-refractivity contribution in [2.75, 3.05) is 6.54 Å². The van der Waals surface area contributed by atoms with E-state index < -0.39 is 0 Å². The van der Waals surface area contributed by atoms with E-state index in [1.165, 1.54) is 24.5 Å². The van der Waals surface area contributed by atoms with Gasteiger partial charge in [-0.15, -0.1) is 0 Å². The van der Waals surface area contributed by atoms with E-state index in [2.05, 4.69) is 6.07 Å². The summed E-state index contributed by atoms with van der Waals surface area (Å²) >= 11 is 0. The van der Waals surface area contributed by atoms with Crippen LogP contribution in [0, 0.1) is 17.7 Å². The Balaban J connectivity index is 1.97. The first kappa shape index (κ1) is 9.34. The van der Waals surface area contributed by atoms with Crippen molar-refractivity contribution < 1.29 is 4.39 Å². The van der Waals surface area contributed by atoms with E-state index >= 15 is 0 Å². The van der Waals surface area contributed by atoms with Gasteiger partial charge in [-0.05, 0) is 55.3 Å². The van der Waals surface area contributed by atoms with Crippen LogP contribution in [-0.2, 0) is 5.41 Å². The molecule has 0 spiro atoms. The lowest BCUT2D eigenvalue weighted by molar-refractivity contribution is 0.528. The van der Waals surface area contributed by atoms with E-state index in [9.17, 15) is 4.39 Å². The molecule has 15 heavy (non-hydrogen) atoms. The molecule has 80 valence electrons. The highest BCUT2D eigenvalue weighted by molar-refractivity contribution is 5.37. The van der Waals surface area contributed by atoms with Gasteiger partial charge in [0.05, 0.1) is 0 Å². The molecule has 2 N–H and O–H groups in total. The summed E-state index contributed by atoms with van der Waals surface area (Å²) in [4.78, 5) is 0. The fraction of sp³-hybridized carbons (Fsp3) is 0.538. The zero-order valence-corrected chi connectivity index (χ0v) is 8.75. The molecule has 2 aliphatic rings. The molecule has 1 aromatic rings. The van der Waals surface area contributed by atoms with Crippen molar-refractivity contribution in [3.63, 3.8) is 0 Å². The smallest absolute Gasteiger partial charge is 0.123 e. The van der Waals surface area contributed by atoms with Crippen molar-refractivity contribution in [1.82, 2.24) is 0 Å². The largest absolute Gasteiger partial charge is 0.330 e. The summed E-state index contributed by atoms with van der Waals surface area (Å²) in [6.45, 7) is 0.743. The number of hydrogen-bond acceptors (Lipinski definition) is 1. The van der Waals surface area contributed by atoms with Gasteiger partial charge in [0.1, 0.15) is 5.82 Å². The average Bonchev–Trinajstić information content (AvgIpc) is 3.11. The molecule has 1 unspecified atom stereocenters. The van der Waals surface area contributed by atoms with Crippen molar-refractivity contribution in [3.05, 3.63) is 35.6 Å². The number of nitrogens with two attached hydrogens (primary N) is 1. The van der Waals surface area contributed by atoms with Crippen molar-refractivity contribution in [2.24, 2.45) is 17.6 Å². The van der Waals surface area contributed by atoms with E-state index in [-0.39, 0.29) is 11.2 Å². The van der Waals surface area contributed by atoms with E-state index in [4.69, 9.17) is 5.73 Å². The van der Waals surface area contributed by atoms with Gasteiger partial charge in [-0.2, -0.15) is 0 Å². The van der Waals surface area contributed by atoms with Crippen LogP contribution in [0.5, 0.6) is 0 Å². The minimum absolute atomic E-state index is 0.116. The highest BCUT2D eigenvalue weighted by Crippen LogP contribution is 2.65. The molecule has 0 saturated heterocycles. The summed E-state index contributed by atoms with van der Waals surface area (Å²) < 4.78 is 13.2. The Bertz CT molecular complexity index is 386. The highest BCUT2D eigenvalue weighted by Gasteiger charge is 2.62. The first-order valence-corrected chi connectivity index (χ1v) is 5.73. The lowest BCUT2D eigenvalue weighted by atomic mass is 9.88. The molecule has 0 bridgehead atoms. The molecule has 0 radical (unpaired) electrons. The van der Waals surface area contributed by atoms with Crippen LogP contribution in [0.2, 0.25) is 0 Å². The Morgan fingerprint density at radius 1 is 1.40 bits per heavy atom. The third kappa shape index (κ3) is 1.31. The summed E-state index contributed by atoms with van der Waals surface area (Å²) in [5.41, 5.74) is 7.18. The Hall–Kier alpha value is -0.890. The van der Waals surface area contributed by atoms with Crippen LogP contribution >= 0.6 is 0 Å². The number of benzene rings is 1. The van der Waals surface area contributed by atoms with Gasteiger partial charge in [-0.1, -0.05) is 12.1 Å². The zero-order valence-electron chi connectivity index (χ0n) is 8.75. The molecule has 0 amide bonds. The predicted molar refractivity (Wildman–Crippen MR) is 58.0 cm³/mol.